The Balaban J connectivity index is 0.877. The molecule has 0 saturated carbocycles. The lowest BCUT2D eigenvalue weighted by molar-refractivity contribution is 0.667. The summed E-state index contributed by atoms with van der Waals surface area (Å²) in [6, 6.07) is 80.3. The number of para-hydroxylation sites is 2. The standard InChI is InChI=1S/C60H44N2/c1-2-14-41(15-3-1)44-16-10-19-47(36-44)48-20-11-17-45(37-48)42-30-32-43(33-31-42)46-18-12-21-49(38-46)50-22-13-23-51(39-50)62-59-29-9-6-26-55(59)56-35-34-52(40-60(56)62)61-57-27-7-4-24-53(57)54-25-5-8-28-58(54)61/h1-4,6-7,9-24,26-27,29-40H,5,8,25,28H2. The van der Waals surface area contributed by atoms with E-state index in [1.54, 1.807) is 0 Å². The van der Waals surface area contributed by atoms with Crippen LogP contribution in [0.25, 0.3) is 99.7 Å². The van der Waals surface area contributed by atoms with Gasteiger partial charge < -0.3 is 9.13 Å². The monoisotopic (exact) mass is 792 g/mol. The molecule has 0 aliphatic heterocycles. The summed E-state index contributed by atoms with van der Waals surface area (Å²) >= 11 is 0. The second-order valence-electron chi connectivity index (χ2n) is 16.8. The molecule has 0 N–H and O–H groups in total. The molecule has 0 saturated heterocycles. The number of nitrogens with zero attached hydrogens (tertiary/aromatic N) is 2. The van der Waals surface area contributed by atoms with Crippen LogP contribution in [0, 0.1) is 0 Å². The molecule has 11 aromatic rings. The minimum absolute atomic E-state index is 1.12. The van der Waals surface area contributed by atoms with Gasteiger partial charge in [-0.25, -0.2) is 0 Å². The molecular weight excluding hydrogens is 749 g/mol. The number of hydrogen-bond acceptors (Lipinski definition) is 0. The summed E-state index contributed by atoms with van der Waals surface area (Å²) in [5.74, 6) is 0. The van der Waals surface area contributed by atoms with E-state index in [2.05, 4.69) is 228 Å². The van der Waals surface area contributed by atoms with Crippen LogP contribution in [0.3, 0.4) is 0 Å². The minimum atomic E-state index is 1.12. The van der Waals surface area contributed by atoms with Crippen LogP contribution < -0.4 is 0 Å². The third kappa shape index (κ3) is 6.26. The first-order valence-electron chi connectivity index (χ1n) is 22.0. The Morgan fingerprint density at radius 2 is 0.694 bits per heavy atom. The summed E-state index contributed by atoms with van der Waals surface area (Å²) in [7, 11) is 0. The molecule has 9 aromatic carbocycles. The van der Waals surface area contributed by atoms with Crippen molar-refractivity contribution >= 4 is 32.7 Å². The van der Waals surface area contributed by atoms with Crippen molar-refractivity contribution in [2.45, 2.75) is 25.7 Å². The number of aromatic nitrogens is 2. The first-order chi connectivity index (χ1) is 30.7. The predicted molar refractivity (Wildman–Crippen MR) is 261 cm³/mol. The highest BCUT2D eigenvalue weighted by Crippen LogP contribution is 2.39. The van der Waals surface area contributed by atoms with E-state index < -0.39 is 0 Å². The maximum atomic E-state index is 2.54. The van der Waals surface area contributed by atoms with Gasteiger partial charge in [-0.15, -0.1) is 0 Å². The Bertz CT molecular complexity index is 3450. The van der Waals surface area contributed by atoms with Gasteiger partial charge in [0.2, 0.25) is 0 Å². The van der Waals surface area contributed by atoms with Crippen molar-refractivity contribution in [3.63, 3.8) is 0 Å². The number of fused-ring (bicyclic) bond motifs is 6. The lowest BCUT2D eigenvalue weighted by Crippen LogP contribution is -2.07. The Hall–Kier alpha value is -7.68. The van der Waals surface area contributed by atoms with Gasteiger partial charge in [-0.05, 0) is 141 Å². The molecule has 0 bridgehead atoms. The number of rotatable bonds is 7. The van der Waals surface area contributed by atoms with Crippen molar-refractivity contribution in [3.8, 4) is 67.0 Å². The summed E-state index contributed by atoms with van der Waals surface area (Å²) in [6.07, 6.45) is 4.79. The van der Waals surface area contributed by atoms with Gasteiger partial charge in [-0.2, -0.15) is 0 Å². The summed E-state index contributed by atoms with van der Waals surface area (Å²) in [5, 5.41) is 3.95. The van der Waals surface area contributed by atoms with E-state index in [4.69, 9.17) is 0 Å². The Kier molecular flexibility index (Phi) is 8.81. The molecule has 0 amide bonds. The fourth-order valence-electron chi connectivity index (χ4n) is 10.1. The zero-order chi connectivity index (χ0) is 41.0. The van der Waals surface area contributed by atoms with E-state index >= 15 is 0 Å². The molecule has 0 spiro atoms. The molecule has 2 heteroatoms. The van der Waals surface area contributed by atoms with Gasteiger partial charge in [0.1, 0.15) is 0 Å². The largest absolute Gasteiger partial charge is 0.313 e. The maximum absolute atomic E-state index is 2.54. The molecular formula is C60H44N2. The van der Waals surface area contributed by atoms with Crippen LogP contribution in [-0.2, 0) is 12.8 Å². The Morgan fingerprint density at radius 3 is 1.32 bits per heavy atom. The van der Waals surface area contributed by atoms with Gasteiger partial charge in [-0.1, -0.05) is 164 Å². The van der Waals surface area contributed by atoms with E-state index in [0.717, 1.165) is 18.5 Å². The normalized spacial score (nSPS) is 12.6. The topological polar surface area (TPSA) is 9.86 Å². The lowest BCUT2D eigenvalue weighted by Gasteiger charge is -2.17. The summed E-state index contributed by atoms with van der Waals surface area (Å²) in [4.78, 5) is 0. The third-order valence-corrected chi connectivity index (χ3v) is 13.1. The van der Waals surface area contributed by atoms with Crippen LogP contribution in [0.1, 0.15) is 24.1 Å². The third-order valence-electron chi connectivity index (χ3n) is 13.1. The first kappa shape index (κ1) is 36.2. The second-order valence-corrected chi connectivity index (χ2v) is 16.8. The van der Waals surface area contributed by atoms with Crippen molar-refractivity contribution in [2.24, 2.45) is 0 Å². The summed E-state index contributed by atoms with van der Waals surface area (Å²) in [6.45, 7) is 0. The van der Waals surface area contributed by atoms with Crippen LogP contribution >= 0.6 is 0 Å². The molecule has 1 aliphatic rings. The van der Waals surface area contributed by atoms with Crippen molar-refractivity contribution in [1.29, 1.82) is 0 Å². The van der Waals surface area contributed by atoms with Gasteiger partial charge in [0.25, 0.3) is 0 Å². The van der Waals surface area contributed by atoms with Crippen LogP contribution in [0.5, 0.6) is 0 Å². The van der Waals surface area contributed by atoms with E-state index in [1.807, 2.05) is 0 Å². The maximum Gasteiger partial charge on any atom is 0.0561 e. The van der Waals surface area contributed by atoms with Gasteiger partial charge in [0.15, 0.2) is 0 Å². The van der Waals surface area contributed by atoms with Crippen LogP contribution in [0.4, 0.5) is 0 Å². The number of benzene rings is 9. The molecule has 2 heterocycles. The van der Waals surface area contributed by atoms with Crippen LogP contribution in [0.15, 0.2) is 218 Å². The average molecular weight is 793 g/mol. The van der Waals surface area contributed by atoms with Gasteiger partial charge in [0, 0.05) is 33.2 Å². The predicted octanol–water partition coefficient (Wildman–Crippen LogP) is 15.9. The van der Waals surface area contributed by atoms with Gasteiger partial charge >= 0.3 is 0 Å². The van der Waals surface area contributed by atoms with Crippen molar-refractivity contribution in [1.82, 2.24) is 9.13 Å². The minimum Gasteiger partial charge on any atom is -0.313 e. The Morgan fingerprint density at radius 1 is 0.258 bits per heavy atom. The fourth-order valence-corrected chi connectivity index (χ4v) is 10.1. The van der Waals surface area contributed by atoms with Crippen molar-refractivity contribution in [2.75, 3.05) is 0 Å². The van der Waals surface area contributed by atoms with Crippen LogP contribution in [-0.4, -0.2) is 9.13 Å². The highest BCUT2D eigenvalue weighted by atomic mass is 15.0. The molecule has 2 aromatic heterocycles. The molecule has 12 rings (SSSR count). The van der Waals surface area contributed by atoms with Crippen molar-refractivity contribution < 1.29 is 0 Å². The Labute approximate surface area is 362 Å². The van der Waals surface area contributed by atoms with Gasteiger partial charge in [-0.3, -0.25) is 0 Å². The van der Waals surface area contributed by atoms with Crippen LogP contribution in [0.2, 0.25) is 0 Å². The highest BCUT2D eigenvalue weighted by molar-refractivity contribution is 6.10. The highest BCUT2D eigenvalue weighted by Gasteiger charge is 2.22. The molecule has 0 fully saturated rings. The fraction of sp³-hybridized carbons (Fsp3) is 0.0667. The quantitative estimate of drug-likeness (QED) is 0.152. The molecule has 1 aliphatic carbocycles. The zero-order valence-electron chi connectivity index (χ0n) is 34.5. The smallest absolute Gasteiger partial charge is 0.0561 e. The molecule has 0 atom stereocenters. The van der Waals surface area contributed by atoms with E-state index in [1.165, 1.54) is 118 Å². The van der Waals surface area contributed by atoms with E-state index in [-0.39, 0.29) is 0 Å². The zero-order valence-corrected chi connectivity index (χ0v) is 34.5. The SMILES string of the molecule is c1ccc(-c2cccc(-c3cccc(-c4ccc(-c5cccc(-c6cccc(-n7c8ccccc8c8ccc(-n9c%10c(c%11ccccc%119)CCCC%10)cc87)c6)c5)cc4)c3)c2)cc1. The first-order valence-corrected chi connectivity index (χ1v) is 22.0. The molecule has 0 unspecified atom stereocenters. The van der Waals surface area contributed by atoms with E-state index in [9.17, 15) is 0 Å². The summed E-state index contributed by atoms with van der Waals surface area (Å²) < 4.78 is 5.01. The molecule has 0 radical (unpaired) electrons. The molecule has 2 nitrogen and oxygen atoms in total. The van der Waals surface area contributed by atoms with Crippen molar-refractivity contribution in [3.05, 3.63) is 230 Å². The lowest BCUT2D eigenvalue weighted by atomic mass is 9.95. The number of hydrogen-bond donors (Lipinski definition) is 0. The second kappa shape index (κ2) is 15.1. The molecule has 62 heavy (non-hydrogen) atoms. The summed E-state index contributed by atoms with van der Waals surface area (Å²) in [5.41, 5.74) is 21.3. The van der Waals surface area contributed by atoms with Gasteiger partial charge in [0.05, 0.1) is 16.6 Å². The number of aryl methyl sites for hydroxylation is 1. The average Bonchev–Trinajstić information content (AvgIpc) is 3.87. The van der Waals surface area contributed by atoms with E-state index in [0.29, 0.717) is 0 Å². The molecule has 294 valence electrons.